The van der Waals surface area contributed by atoms with Crippen LogP contribution < -0.4 is 0 Å². The highest BCUT2D eigenvalue weighted by molar-refractivity contribution is 7.99. The average Bonchev–Trinajstić information content (AvgIpc) is 2.52. The summed E-state index contributed by atoms with van der Waals surface area (Å²) in [6.07, 6.45) is 1.24. The molecule has 0 N–H and O–H groups in total. The fourth-order valence-electron chi connectivity index (χ4n) is 1.74. The van der Waals surface area contributed by atoms with E-state index in [2.05, 4.69) is 9.88 Å². The molecular formula is C11H14Cl2N2S. The Hall–Kier alpha value is 0.0400. The summed E-state index contributed by atoms with van der Waals surface area (Å²) in [5.74, 6) is 2.45. The van der Waals surface area contributed by atoms with Gasteiger partial charge in [-0.25, -0.2) is 4.98 Å². The first-order valence-corrected chi connectivity index (χ1v) is 7.28. The second-order valence-corrected chi connectivity index (χ2v) is 5.82. The lowest BCUT2D eigenvalue weighted by Crippen LogP contribution is -2.26. The molecule has 1 aromatic rings. The van der Waals surface area contributed by atoms with E-state index in [1.54, 1.807) is 6.07 Å². The molecule has 0 atom stereocenters. The number of hydrogen-bond donors (Lipinski definition) is 0. The third kappa shape index (κ3) is 3.52. The van der Waals surface area contributed by atoms with Crippen LogP contribution in [-0.2, 0) is 6.54 Å². The van der Waals surface area contributed by atoms with E-state index in [9.17, 15) is 0 Å². The van der Waals surface area contributed by atoms with Gasteiger partial charge in [-0.05, 0) is 30.9 Å². The van der Waals surface area contributed by atoms with E-state index < -0.39 is 0 Å². The first kappa shape index (κ1) is 12.5. The summed E-state index contributed by atoms with van der Waals surface area (Å²) in [5, 5.41) is 1.23. The molecule has 1 aliphatic heterocycles. The van der Waals surface area contributed by atoms with Gasteiger partial charge in [0, 0.05) is 18.8 Å². The molecule has 2 heterocycles. The van der Waals surface area contributed by atoms with Gasteiger partial charge in [0.05, 0.1) is 10.7 Å². The first-order chi connectivity index (χ1) is 7.75. The van der Waals surface area contributed by atoms with E-state index in [4.69, 9.17) is 23.2 Å². The average molecular weight is 277 g/mol. The van der Waals surface area contributed by atoms with Crippen molar-refractivity contribution in [2.75, 3.05) is 24.6 Å². The molecule has 0 aliphatic carbocycles. The smallest absolute Gasteiger partial charge is 0.129 e. The molecule has 0 radical (unpaired) electrons. The third-order valence-corrected chi connectivity index (χ3v) is 4.18. The summed E-state index contributed by atoms with van der Waals surface area (Å²) in [4.78, 5) is 6.68. The number of pyridine rings is 1. The Kier molecular flexibility index (Phi) is 4.77. The van der Waals surface area contributed by atoms with E-state index >= 15 is 0 Å². The van der Waals surface area contributed by atoms with Crippen LogP contribution in [-0.4, -0.2) is 34.5 Å². The number of thioether (sulfide) groups is 1. The Morgan fingerprint density at radius 2 is 2.12 bits per heavy atom. The molecule has 0 saturated carbocycles. The summed E-state index contributed by atoms with van der Waals surface area (Å²) < 4.78 is 0. The molecule has 5 heteroatoms. The lowest BCUT2D eigenvalue weighted by molar-refractivity contribution is 0.284. The van der Waals surface area contributed by atoms with E-state index in [1.165, 1.54) is 17.9 Å². The second-order valence-electron chi connectivity index (χ2n) is 3.80. The molecule has 0 spiro atoms. The molecule has 2 nitrogen and oxygen atoms in total. The number of nitrogens with zero attached hydrogens (tertiary/aromatic N) is 2. The zero-order valence-corrected chi connectivity index (χ0v) is 11.3. The quantitative estimate of drug-likeness (QED) is 0.771. The zero-order valence-electron chi connectivity index (χ0n) is 8.96. The maximum Gasteiger partial charge on any atom is 0.129 e. The maximum absolute atomic E-state index is 6.10. The highest BCUT2D eigenvalue weighted by atomic mass is 35.5. The van der Waals surface area contributed by atoms with Crippen LogP contribution in [0.25, 0.3) is 0 Å². The molecule has 0 aromatic carbocycles. The van der Waals surface area contributed by atoms with Crippen LogP contribution in [0, 0.1) is 0 Å². The third-order valence-electron chi connectivity index (χ3n) is 2.57. The number of rotatable bonds is 2. The predicted molar refractivity (Wildman–Crippen MR) is 71.5 cm³/mol. The van der Waals surface area contributed by atoms with Crippen molar-refractivity contribution in [3.63, 3.8) is 0 Å². The predicted octanol–water partition coefficient (Wildman–Crippen LogP) is 3.33. The number of halogens is 2. The van der Waals surface area contributed by atoms with Crippen LogP contribution in [0.15, 0.2) is 12.1 Å². The number of hydrogen-bond acceptors (Lipinski definition) is 3. The van der Waals surface area contributed by atoms with E-state index in [-0.39, 0.29) is 0 Å². The molecule has 0 amide bonds. The van der Waals surface area contributed by atoms with Crippen LogP contribution >= 0.6 is 35.0 Å². The van der Waals surface area contributed by atoms with Gasteiger partial charge in [0.25, 0.3) is 0 Å². The van der Waals surface area contributed by atoms with Gasteiger partial charge >= 0.3 is 0 Å². The van der Waals surface area contributed by atoms with Crippen molar-refractivity contribution in [1.29, 1.82) is 0 Å². The summed E-state index contributed by atoms with van der Waals surface area (Å²) in [5.41, 5.74) is 0.890. The summed E-state index contributed by atoms with van der Waals surface area (Å²) in [7, 11) is 0. The van der Waals surface area contributed by atoms with Crippen molar-refractivity contribution in [3.8, 4) is 0 Å². The molecular weight excluding hydrogens is 263 g/mol. The molecule has 1 aromatic heterocycles. The van der Waals surface area contributed by atoms with E-state index in [0.29, 0.717) is 10.2 Å². The van der Waals surface area contributed by atoms with Gasteiger partial charge in [0.2, 0.25) is 0 Å². The SMILES string of the molecule is Clc1ccc(Cl)c(CN2CCCSCC2)n1. The van der Waals surface area contributed by atoms with Crippen molar-refractivity contribution in [3.05, 3.63) is 28.0 Å². The van der Waals surface area contributed by atoms with Crippen molar-refractivity contribution in [1.82, 2.24) is 9.88 Å². The molecule has 0 unspecified atom stereocenters. The van der Waals surface area contributed by atoms with Crippen LogP contribution in [0.5, 0.6) is 0 Å². The second kappa shape index (κ2) is 6.10. The Bertz CT molecular complexity index is 352. The zero-order chi connectivity index (χ0) is 11.4. The van der Waals surface area contributed by atoms with E-state index in [1.807, 2.05) is 17.8 Å². The Morgan fingerprint density at radius 1 is 1.25 bits per heavy atom. The van der Waals surface area contributed by atoms with Gasteiger partial charge in [-0.3, -0.25) is 4.90 Å². The van der Waals surface area contributed by atoms with E-state index in [0.717, 1.165) is 25.3 Å². The highest BCUT2D eigenvalue weighted by Gasteiger charge is 2.12. The first-order valence-electron chi connectivity index (χ1n) is 5.37. The van der Waals surface area contributed by atoms with Crippen molar-refractivity contribution < 1.29 is 0 Å². The molecule has 0 bridgehead atoms. The van der Waals surface area contributed by atoms with Gasteiger partial charge in [0.15, 0.2) is 0 Å². The molecule has 1 saturated heterocycles. The van der Waals surface area contributed by atoms with Crippen molar-refractivity contribution in [2.24, 2.45) is 0 Å². The standard InChI is InChI=1S/C11H14Cl2N2S/c12-9-2-3-11(13)14-10(9)8-15-4-1-6-16-7-5-15/h2-3H,1,4-8H2. The Labute approximate surface area is 110 Å². The minimum Gasteiger partial charge on any atom is -0.297 e. The Balaban J connectivity index is 2.04. The largest absolute Gasteiger partial charge is 0.297 e. The van der Waals surface area contributed by atoms with Gasteiger partial charge in [-0.2, -0.15) is 11.8 Å². The van der Waals surface area contributed by atoms with Gasteiger partial charge in [-0.1, -0.05) is 23.2 Å². The molecule has 1 fully saturated rings. The van der Waals surface area contributed by atoms with Crippen LogP contribution in [0.4, 0.5) is 0 Å². The summed E-state index contributed by atoms with van der Waals surface area (Å²) >= 11 is 14.0. The topological polar surface area (TPSA) is 16.1 Å². The molecule has 1 aliphatic rings. The van der Waals surface area contributed by atoms with Crippen molar-refractivity contribution >= 4 is 35.0 Å². The number of aromatic nitrogens is 1. The molecule has 2 rings (SSSR count). The normalized spacial score (nSPS) is 18.4. The van der Waals surface area contributed by atoms with Crippen LogP contribution in [0.3, 0.4) is 0 Å². The maximum atomic E-state index is 6.10. The Morgan fingerprint density at radius 3 is 3.00 bits per heavy atom. The van der Waals surface area contributed by atoms with Crippen LogP contribution in [0.2, 0.25) is 10.2 Å². The fourth-order valence-corrected chi connectivity index (χ4v) is 2.99. The fraction of sp³-hybridized carbons (Fsp3) is 0.545. The van der Waals surface area contributed by atoms with Gasteiger partial charge < -0.3 is 0 Å². The van der Waals surface area contributed by atoms with Crippen LogP contribution in [0.1, 0.15) is 12.1 Å². The molecule has 16 heavy (non-hydrogen) atoms. The highest BCUT2D eigenvalue weighted by Crippen LogP contribution is 2.20. The van der Waals surface area contributed by atoms with Gasteiger partial charge in [0.1, 0.15) is 5.15 Å². The van der Waals surface area contributed by atoms with Crippen molar-refractivity contribution in [2.45, 2.75) is 13.0 Å². The summed E-state index contributed by atoms with van der Waals surface area (Å²) in [6, 6.07) is 3.55. The minimum absolute atomic E-state index is 0.517. The summed E-state index contributed by atoms with van der Waals surface area (Å²) in [6.45, 7) is 3.03. The monoisotopic (exact) mass is 276 g/mol. The molecule has 88 valence electrons. The lowest BCUT2D eigenvalue weighted by Gasteiger charge is -2.19. The minimum atomic E-state index is 0.517. The lowest BCUT2D eigenvalue weighted by atomic mass is 10.3. The van der Waals surface area contributed by atoms with Gasteiger partial charge in [-0.15, -0.1) is 0 Å².